The quantitative estimate of drug-likeness (QED) is 0.319. The smallest absolute Gasteiger partial charge is 0.294 e. The maximum Gasteiger partial charge on any atom is 0.294 e. The first-order valence-electron chi connectivity index (χ1n) is 13.3. The number of nitrogens with zero attached hydrogens (tertiary/aromatic N) is 2. The first-order chi connectivity index (χ1) is 18.5. The van der Waals surface area contributed by atoms with Crippen molar-refractivity contribution in [2.75, 3.05) is 22.6 Å². The van der Waals surface area contributed by atoms with Crippen LogP contribution in [-0.2, 0) is 14.6 Å². The standard InChI is InChI=1S/C23H25ClN4O3.C5H12O2S/c1-13(2)14-5-7-15(8-6-14)22(29)28-20-19-17(4-3-11-25-19)31-21(20)23(30)27-18-10-9-16(24)12-26-18;1-3-4-5-8(2,6)7/h3-4,9-15H,5-8H2,1-2H3,(H,28,29)(H,26,27,30);3-5H2,1-2H3. The van der Waals surface area contributed by atoms with E-state index in [0.717, 1.165) is 38.5 Å². The molecule has 2 N–H and O–H groups in total. The summed E-state index contributed by atoms with van der Waals surface area (Å²) >= 11 is 5.85. The van der Waals surface area contributed by atoms with E-state index in [4.69, 9.17) is 16.0 Å². The average Bonchev–Trinajstić information content (AvgIpc) is 3.27. The predicted octanol–water partition coefficient (Wildman–Crippen LogP) is 6.36. The minimum Gasteiger partial charge on any atom is -0.447 e. The van der Waals surface area contributed by atoms with Crippen molar-refractivity contribution in [1.29, 1.82) is 0 Å². The number of anilines is 2. The lowest BCUT2D eigenvalue weighted by molar-refractivity contribution is -0.121. The highest BCUT2D eigenvalue weighted by atomic mass is 35.5. The van der Waals surface area contributed by atoms with Crippen molar-refractivity contribution < 1.29 is 22.4 Å². The molecule has 4 rings (SSSR count). The van der Waals surface area contributed by atoms with E-state index >= 15 is 0 Å². The molecule has 1 saturated carbocycles. The van der Waals surface area contributed by atoms with Crippen molar-refractivity contribution in [3.8, 4) is 0 Å². The summed E-state index contributed by atoms with van der Waals surface area (Å²) in [5, 5.41) is 6.07. The summed E-state index contributed by atoms with van der Waals surface area (Å²) in [5.74, 6) is 1.24. The van der Waals surface area contributed by atoms with Crippen molar-refractivity contribution in [2.24, 2.45) is 17.8 Å². The zero-order valence-electron chi connectivity index (χ0n) is 22.9. The second-order valence-electron chi connectivity index (χ2n) is 10.3. The van der Waals surface area contributed by atoms with E-state index in [0.29, 0.717) is 39.5 Å². The van der Waals surface area contributed by atoms with Gasteiger partial charge in [0.25, 0.3) is 5.91 Å². The van der Waals surface area contributed by atoms with Gasteiger partial charge >= 0.3 is 0 Å². The zero-order valence-corrected chi connectivity index (χ0v) is 24.4. The number of nitrogens with one attached hydrogen (secondary N) is 2. The molecule has 9 nitrogen and oxygen atoms in total. The van der Waals surface area contributed by atoms with Gasteiger partial charge in [0.05, 0.1) is 5.02 Å². The molecule has 212 valence electrons. The number of rotatable bonds is 8. The van der Waals surface area contributed by atoms with Gasteiger partial charge in [-0.1, -0.05) is 38.8 Å². The number of amides is 2. The minimum absolute atomic E-state index is 0.00494. The molecule has 0 bridgehead atoms. The number of hydrogen-bond acceptors (Lipinski definition) is 7. The van der Waals surface area contributed by atoms with Crippen molar-refractivity contribution in [2.45, 2.75) is 59.3 Å². The number of halogens is 1. The van der Waals surface area contributed by atoms with E-state index in [1.165, 1.54) is 12.5 Å². The number of furan rings is 1. The summed E-state index contributed by atoms with van der Waals surface area (Å²) in [5.41, 5.74) is 1.16. The van der Waals surface area contributed by atoms with Crippen LogP contribution in [0, 0.1) is 17.8 Å². The summed E-state index contributed by atoms with van der Waals surface area (Å²) in [6.07, 6.45) is 9.81. The first kappa shape index (κ1) is 30.6. The highest BCUT2D eigenvalue weighted by Gasteiger charge is 2.30. The first-order valence-corrected chi connectivity index (χ1v) is 15.7. The number of carbonyl (C=O) groups is 2. The van der Waals surface area contributed by atoms with Gasteiger partial charge in [0, 0.05) is 30.3 Å². The van der Waals surface area contributed by atoms with Crippen molar-refractivity contribution in [3.05, 3.63) is 47.4 Å². The van der Waals surface area contributed by atoms with Crippen LogP contribution in [0.1, 0.15) is 69.9 Å². The predicted molar refractivity (Wildman–Crippen MR) is 155 cm³/mol. The van der Waals surface area contributed by atoms with E-state index in [1.807, 2.05) is 6.92 Å². The molecular weight excluding hydrogens is 540 g/mol. The molecule has 3 heterocycles. The van der Waals surface area contributed by atoms with Crippen LogP contribution in [0.2, 0.25) is 5.02 Å². The Bertz CT molecular complexity index is 1360. The van der Waals surface area contributed by atoms with Gasteiger partial charge in [0.15, 0.2) is 5.58 Å². The average molecular weight is 577 g/mol. The molecule has 0 atom stereocenters. The monoisotopic (exact) mass is 576 g/mol. The molecule has 0 spiro atoms. The van der Waals surface area contributed by atoms with Crippen LogP contribution in [0.15, 0.2) is 41.1 Å². The number of unbranched alkanes of at least 4 members (excludes halogenated alkanes) is 1. The SMILES string of the molecule is CC(C)C1CCC(C(=O)Nc2c(C(=O)Nc3ccc(Cl)cn3)oc3cccnc23)CC1.CCCCS(C)(=O)=O. The van der Waals surface area contributed by atoms with Crippen LogP contribution in [0.5, 0.6) is 0 Å². The molecule has 1 fully saturated rings. The molecule has 11 heteroatoms. The zero-order chi connectivity index (χ0) is 28.6. The van der Waals surface area contributed by atoms with Crippen LogP contribution in [0.3, 0.4) is 0 Å². The Morgan fingerprint density at radius 2 is 1.82 bits per heavy atom. The van der Waals surface area contributed by atoms with Crippen LogP contribution in [0.4, 0.5) is 11.5 Å². The van der Waals surface area contributed by atoms with Gasteiger partial charge < -0.3 is 15.1 Å². The molecule has 1 aliphatic rings. The van der Waals surface area contributed by atoms with Gasteiger partial charge in [0.2, 0.25) is 11.7 Å². The number of hydrogen-bond donors (Lipinski definition) is 2. The lowest BCUT2D eigenvalue weighted by Gasteiger charge is -2.30. The molecule has 2 amide bonds. The normalized spacial score (nSPS) is 17.4. The second kappa shape index (κ2) is 13.9. The molecule has 0 unspecified atom stereocenters. The molecule has 0 aliphatic heterocycles. The van der Waals surface area contributed by atoms with Crippen molar-refractivity contribution in [3.63, 3.8) is 0 Å². The molecular formula is C28H37ClN4O5S. The number of carbonyl (C=O) groups excluding carboxylic acids is 2. The van der Waals surface area contributed by atoms with E-state index in [1.54, 1.807) is 30.5 Å². The summed E-state index contributed by atoms with van der Waals surface area (Å²) < 4.78 is 26.5. The fourth-order valence-corrected chi connectivity index (χ4v) is 5.43. The van der Waals surface area contributed by atoms with E-state index in [2.05, 4.69) is 34.4 Å². The fraction of sp³-hybridized carbons (Fsp3) is 0.500. The molecule has 0 radical (unpaired) electrons. The van der Waals surface area contributed by atoms with E-state index in [-0.39, 0.29) is 23.3 Å². The highest BCUT2D eigenvalue weighted by Crippen LogP contribution is 2.35. The van der Waals surface area contributed by atoms with Gasteiger partial charge in [-0.05, 0) is 68.2 Å². The molecule has 3 aromatic heterocycles. The van der Waals surface area contributed by atoms with Crippen LogP contribution in [0.25, 0.3) is 11.1 Å². The third-order valence-corrected chi connectivity index (χ3v) is 8.08. The summed E-state index contributed by atoms with van der Waals surface area (Å²) in [6, 6.07) is 6.64. The van der Waals surface area contributed by atoms with Gasteiger partial charge in [-0.2, -0.15) is 0 Å². The Morgan fingerprint density at radius 3 is 2.38 bits per heavy atom. The molecule has 39 heavy (non-hydrogen) atoms. The number of aromatic nitrogens is 2. The minimum atomic E-state index is -2.69. The molecule has 3 aromatic rings. The summed E-state index contributed by atoms with van der Waals surface area (Å²) in [4.78, 5) is 34.3. The Morgan fingerprint density at radius 1 is 1.10 bits per heavy atom. The lowest BCUT2D eigenvalue weighted by atomic mass is 9.76. The number of fused-ring (bicyclic) bond motifs is 1. The molecule has 0 saturated heterocycles. The number of sulfone groups is 1. The van der Waals surface area contributed by atoms with Crippen molar-refractivity contribution in [1.82, 2.24) is 9.97 Å². The van der Waals surface area contributed by atoms with Gasteiger partial charge in [-0.25, -0.2) is 13.4 Å². The van der Waals surface area contributed by atoms with Gasteiger partial charge in [0.1, 0.15) is 26.9 Å². The molecule has 0 aromatic carbocycles. The lowest BCUT2D eigenvalue weighted by Crippen LogP contribution is -2.29. The third kappa shape index (κ3) is 9.03. The topological polar surface area (TPSA) is 131 Å². The second-order valence-corrected chi connectivity index (χ2v) is 13.0. The van der Waals surface area contributed by atoms with E-state index < -0.39 is 15.7 Å². The largest absolute Gasteiger partial charge is 0.447 e. The Hall–Kier alpha value is -2.98. The van der Waals surface area contributed by atoms with Crippen LogP contribution >= 0.6 is 11.6 Å². The highest BCUT2D eigenvalue weighted by molar-refractivity contribution is 7.90. The Labute approximate surface area is 235 Å². The van der Waals surface area contributed by atoms with Crippen molar-refractivity contribution >= 4 is 55.9 Å². The van der Waals surface area contributed by atoms with Gasteiger partial charge in [-0.15, -0.1) is 0 Å². The van der Waals surface area contributed by atoms with Crippen LogP contribution < -0.4 is 10.6 Å². The van der Waals surface area contributed by atoms with Crippen LogP contribution in [-0.4, -0.2) is 42.2 Å². The van der Waals surface area contributed by atoms with Gasteiger partial charge in [-0.3, -0.25) is 14.6 Å². The third-order valence-electron chi connectivity index (χ3n) is 6.82. The summed E-state index contributed by atoms with van der Waals surface area (Å²) in [7, 11) is -2.69. The maximum absolute atomic E-state index is 13.0. The number of pyridine rings is 2. The van der Waals surface area contributed by atoms with E-state index in [9.17, 15) is 18.0 Å². The Kier molecular flexibility index (Phi) is 10.9. The molecule has 1 aliphatic carbocycles. The maximum atomic E-state index is 13.0. The summed E-state index contributed by atoms with van der Waals surface area (Å²) in [6.45, 7) is 6.44. The fourth-order valence-electron chi connectivity index (χ4n) is 4.51. The Balaban J connectivity index is 0.000000459.